The number of carbonyl (C=O) groups is 2. The fraction of sp³-hybridized carbons (Fsp3) is 0.400. The minimum atomic E-state index is -0.558. The summed E-state index contributed by atoms with van der Waals surface area (Å²) in [5.74, 6) is 0.644. The average molecular weight is 374 g/mol. The zero-order valence-corrected chi connectivity index (χ0v) is 16.6. The lowest BCUT2D eigenvalue weighted by molar-refractivity contribution is 0.0525. The van der Waals surface area contributed by atoms with E-state index in [9.17, 15) is 9.59 Å². The molecule has 0 saturated heterocycles. The molecule has 2 rings (SSSR count). The molecule has 1 atom stereocenters. The van der Waals surface area contributed by atoms with Gasteiger partial charge >= 0.3 is 5.97 Å². The van der Waals surface area contributed by atoms with Gasteiger partial charge in [0.15, 0.2) is 0 Å². The van der Waals surface area contributed by atoms with E-state index in [1.165, 1.54) is 0 Å². The summed E-state index contributed by atoms with van der Waals surface area (Å²) in [6.45, 7) is 7.26. The van der Waals surface area contributed by atoms with Gasteiger partial charge in [0, 0.05) is 11.8 Å². The van der Waals surface area contributed by atoms with Crippen molar-refractivity contribution in [1.29, 1.82) is 0 Å². The number of Topliss-reactive ketones (excluding diaryl/α,β-unsaturated/α-hetero) is 1. The van der Waals surface area contributed by atoms with Gasteiger partial charge in [-0.25, -0.2) is 4.79 Å². The van der Waals surface area contributed by atoms with Gasteiger partial charge in [0.05, 0.1) is 43.8 Å². The molecular formula is C20H26N2O5. The van der Waals surface area contributed by atoms with Gasteiger partial charge in [0.1, 0.15) is 11.5 Å². The van der Waals surface area contributed by atoms with Crippen LogP contribution in [0.3, 0.4) is 0 Å². The largest absolute Gasteiger partial charge is 0.497 e. The number of esters is 1. The Morgan fingerprint density at radius 2 is 1.89 bits per heavy atom. The van der Waals surface area contributed by atoms with E-state index < -0.39 is 12.0 Å². The molecule has 0 saturated carbocycles. The third-order valence-electron chi connectivity index (χ3n) is 4.34. The van der Waals surface area contributed by atoms with E-state index in [0.29, 0.717) is 39.7 Å². The molecule has 0 fully saturated rings. The Kier molecular flexibility index (Phi) is 6.50. The summed E-state index contributed by atoms with van der Waals surface area (Å²) >= 11 is 0. The number of rotatable bonds is 8. The number of aryl methyl sites for hydroxylation is 1. The van der Waals surface area contributed by atoms with Crippen LogP contribution in [0.5, 0.6) is 11.5 Å². The number of H-pyrrole nitrogens is 1. The van der Waals surface area contributed by atoms with Gasteiger partial charge in [-0.1, -0.05) is 0 Å². The number of aromatic amines is 1. The van der Waals surface area contributed by atoms with E-state index >= 15 is 0 Å². The first kappa shape index (κ1) is 20.4. The lowest BCUT2D eigenvalue weighted by Gasteiger charge is -2.17. The zero-order chi connectivity index (χ0) is 20.1. The molecule has 7 heteroatoms. The van der Waals surface area contributed by atoms with Crippen molar-refractivity contribution >= 4 is 17.4 Å². The maximum Gasteiger partial charge on any atom is 0.340 e. The van der Waals surface area contributed by atoms with Crippen molar-refractivity contribution in [1.82, 2.24) is 4.98 Å². The third kappa shape index (κ3) is 4.24. The monoisotopic (exact) mass is 374 g/mol. The molecule has 0 radical (unpaired) electrons. The molecule has 0 bridgehead atoms. The Morgan fingerprint density at radius 3 is 2.48 bits per heavy atom. The average Bonchev–Trinajstić information content (AvgIpc) is 2.95. The van der Waals surface area contributed by atoms with Gasteiger partial charge in [-0.15, -0.1) is 0 Å². The highest BCUT2D eigenvalue weighted by Crippen LogP contribution is 2.30. The number of aromatic nitrogens is 1. The first-order chi connectivity index (χ1) is 12.8. The van der Waals surface area contributed by atoms with Crippen LogP contribution in [0, 0.1) is 13.8 Å². The van der Waals surface area contributed by atoms with E-state index in [1.54, 1.807) is 60.1 Å². The summed E-state index contributed by atoms with van der Waals surface area (Å²) in [6.07, 6.45) is 0. The van der Waals surface area contributed by atoms with E-state index in [4.69, 9.17) is 14.2 Å². The number of benzene rings is 1. The SMILES string of the molecule is CCOC(=O)c1c(C)[nH]c(C(=O)[C@H](C)Nc2cc(OC)ccc2OC)c1C. The number of carbonyl (C=O) groups excluding carboxylic acids is 2. The highest BCUT2D eigenvalue weighted by atomic mass is 16.5. The number of hydrogen-bond donors (Lipinski definition) is 2. The van der Waals surface area contributed by atoms with Crippen molar-refractivity contribution in [2.75, 3.05) is 26.1 Å². The van der Waals surface area contributed by atoms with Crippen molar-refractivity contribution in [3.63, 3.8) is 0 Å². The predicted molar refractivity (Wildman–Crippen MR) is 103 cm³/mol. The quantitative estimate of drug-likeness (QED) is 0.543. The number of methoxy groups -OCH3 is 2. The molecule has 2 aromatic rings. The molecule has 1 aromatic heterocycles. The normalized spacial score (nSPS) is 11.6. The van der Waals surface area contributed by atoms with Gasteiger partial charge < -0.3 is 24.5 Å². The second-order valence-corrected chi connectivity index (χ2v) is 6.14. The minimum absolute atomic E-state index is 0.170. The van der Waals surface area contributed by atoms with E-state index in [-0.39, 0.29) is 12.4 Å². The summed E-state index contributed by atoms with van der Waals surface area (Å²) in [4.78, 5) is 28.1. The lowest BCUT2D eigenvalue weighted by atomic mass is 10.0. The standard InChI is InChI=1S/C20H26N2O5/c1-7-27-20(24)17-11(2)18(22-12(17)3)19(23)13(4)21-15-10-14(25-5)8-9-16(15)26-6/h8-10,13,21-22H,7H2,1-6H3/t13-/m0/s1. The van der Waals surface area contributed by atoms with Crippen LogP contribution in [0.1, 0.15) is 46.0 Å². The molecule has 0 unspecified atom stereocenters. The molecular weight excluding hydrogens is 348 g/mol. The van der Waals surface area contributed by atoms with Crippen LogP contribution in [0.2, 0.25) is 0 Å². The fourth-order valence-electron chi connectivity index (χ4n) is 2.95. The molecule has 0 aliphatic rings. The van der Waals surface area contributed by atoms with E-state index in [1.807, 2.05) is 0 Å². The van der Waals surface area contributed by atoms with Crippen molar-refractivity contribution in [2.24, 2.45) is 0 Å². The zero-order valence-electron chi connectivity index (χ0n) is 16.6. The molecule has 0 spiro atoms. The highest BCUT2D eigenvalue weighted by molar-refractivity contribution is 6.04. The third-order valence-corrected chi connectivity index (χ3v) is 4.34. The summed E-state index contributed by atoms with van der Waals surface area (Å²) in [5, 5.41) is 3.15. The van der Waals surface area contributed by atoms with Crippen LogP contribution >= 0.6 is 0 Å². The Hall–Kier alpha value is -2.96. The van der Waals surface area contributed by atoms with Crippen molar-refractivity contribution < 1.29 is 23.8 Å². The van der Waals surface area contributed by atoms with Crippen LogP contribution in [0.25, 0.3) is 0 Å². The van der Waals surface area contributed by atoms with Crippen LogP contribution in [0.15, 0.2) is 18.2 Å². The predicted octanol–water partition coefficient (Wildman–Crippen LogP) is 3.51. The number of ether oxygens (including phenoxy) is 3. The molecule has 0 aliphatic carbocycles. The Morgan fingerprint density at radius 1 is 1.19 bits per heavy atom. The Bertz CT molecular complexity index is 841. The molecule has 7 nitrogen and oxygen atoms in total. The first-order valence-electron chi connectivity index (χ1n) is 8.73. The van der Waals surface area contributed by atoms with Gasteiger partial charge in [-0.3, -0.25) is 4.79 Å². The number of anilines is 1. The van der Waals surface area contributed by atoms with Crippen LogP contribution < -0.4 is 14.8 Å². The van der Waals surface area contributed by atoms with Crippen LogP contribution in [0.4, 0.5) is 5.69 Å². The molecule has 0 amide bonds. The van der Waals surface area contributed by atoms with Gasteiger partial charge in [-0.05, 0) is 45.4 Å². The fourth-order valence-corrected chi connectivity index (χ4v) is 2.95. The smallest absolute Gasteiger partial charge is 0.340 e. The number of nitrogens with one attached hydrogen (secondary N) is 2. The number of hydrogen-bond acceptors (Lipinski definition) is 6. The second kappa shape index (κ2) is 8.62. The molecule has 1 aromatic carbocycles. The van der Waals surface area contributed by atoms with Gasteiger partial charge in [0.25, 0.3) is 0 Å². The van der Waals surface area contributed by atoms with Gasteiger partial charge in [-0.2, -0.15) is 0 Å². The van der Waals surface area contributed by atoms with E-state index in [0.717, 1.165) is 0 Å². The van der Waals surface area contributed by atoms with Crippen LogP contribution in [-0.2, 0) is 4.74 Å². The Labute approximate surface area is 159 Å². The summed E-state index contributed by atoms with van der Waals surface area (Å²) < 4.78 is 15.6. The summed E-state index contributed by atoms with van der Waals surface area (Å²) in [6, 6.07) is 4.75. The summed E-state index contributed by atoms with van der Waals surface area (Å²) in [7, 11) is 3.13. The lowest BCUT2D eigenvalue weighted by Crippen LogP contribution is -2.27. The number of ketones is 1. The maximum absolute atomic E-state index is 13.0. The van der Waals surface area contributed by atoms with Crippen molar-refractivity contribution in [3.05, 3.63) is 40.7 Å². The topological polar surface area (TPSA) is 89.7 Å². The summed E-state index contributed by atoms with van der Waals surface area (Å²) in [5.41, 5.74) is 2.63. The molecule has 146 valence electrons. The molecule has 0 aliphatic heterocycles. The van der Waals surface area contributed by atoms with Crippen LogP contribution in [-0.4, -0.2) is 43.6 Å². The first-order valence-corrected chi connectivity index (χ1v) is 8.73. The molecule has 2 N–H and O–H groups in total. The highest BCUT2D eigenvalue weighted by Gasteiger charge is 2.26. The maximum atomic E-state index is 13.0. The molecule has 27 heavy (non-hydrogen) atoms. The molecule has 1 heterocycles. The van der Waals surface area contributed by atoms with E-state index in [2.05, 4.69) is 10.3 Å². The second-order valence-electron chi connectivity index (χ2n) is 6.14. The Balaban J connectivity index is 2.28. The minimum Gasteiger partial charge on any atom is -0.497 e. The van der Waals surface area contributed by atoms with Gasteiger partial charge in [0.2, 0.25) is 5.78 Å². The van der Waals surface area contributed by atoms with Crippen molar-refractivity contribution in [3.8, 4) is 11.5 Å². The van der Waals surface area contributed by atoms with Crippen molar-refractivity contribution in [2.45, 2.75) is 33.7 Å².